The van der Waals surface area contributed by atoms with Gasteiger partial charge in [-0.1, -0.05) is 23.7 Å². The van der Waals surface area contributed by atoms with E-state index in [-0.39, 0.29) is 0 Å². The first-order chi connectivity index (χ1) is 7.79. The molecule has 0 aliphatic rings. The van der Waals surface area contributed by atoms with E-state index in [0.29, 0.717) is 0 Å². The van der Waals surface area contributed by atoms with Crippen LogP contribution in [-0.4, -0.2) is 11.5 Å². The molecule has 0 radical (unpaired) electrons. The topological polar surface area (TPSA) is 38.9 Å². The molecular weight excluding hydrogens is 240 g/mol. The zero-order valence-corrected chi connectivity index (χ0v) is 10.4. The number of rotatable bonds is 4. The maximum atomic E-state index is 5.84. The molecule has 0 amide bonds. The molecule has 0 saturated carbocycles. The van der Waals surface area contributed by atoms with Gasteiger partial charge in [0, 0.05) is 22.4 Å². The number of hydrogen-bond acceptors (Lipinski definition) is 3. The first-order valence-corrected chi connectivity index (χ1v) is 6.46. The van der Waals surface area contributed by atoms with E-state index in [9.17, 15) is 0 Å². The van der Waals surface area contributed by atoms with Crippen molar-refractivity contribution in [1.82, 2.24) is 4.98 Å². The fourth-order valence-electron chi connectivity index (χ4n) is 1.43. The Morgan fingerprint density at radius 1 is 1.25 bits per heavy atom. The van der Waals surface area contributed by atoms with Gasteiger partial charge in [0.25, 0.3) is 0 Å². The first-order valence-electron chi connectivity index (χ1n) is 5.20. The molecule has 84 valence electrons. The van der Waals surface area contributed by atoms with E-state index >= 15 is 0 Å². The van der Waals surface area contributed by atoms with Gasteiger partial charge in [-0.3, -0.25) is 0 Å². The Hall–Kier alpha value is -0.900. The number of aromatic nitrogens is 1. The van der Waals surface area contributed by atoms with Gasteiger partial charge in [0.05, 0.1) is 10.7 Å². The highest BCUT2D eigenvalue weighted by atomic mass is 35.5. The summed E-state index contributed by atoms with van der Waals surface area (Å²) in [5, 5.41) is 3.98. The lowest BCUT2D eigenvalue weighted by Gasteiger charge is -1.96. The molecule has 0 saturated heterocycles. The zero-order chi connectivity index (χ0) is 11.4. The van der Waals surface area contributed by atoms with Gasteiger partial charge < -0.3 is 5.73 Å². The highest BCUT2D eigenvalue weighted by Crippen LogP contribution is 2.23. The van der Waals surface area contributed by atoms with Crippen molar-refractivity contribution in [1.29, 1.82) is 0 Å². The number of benzene rings is 1. The Labute approximate surface area is 104 Å². The summed E-state index contributed by atoms with van der Waals surface area (Å²) in [7, 11) is 0. The largest absolute Gasteiger partial charge is 0.330 e. The van der Waals surface area contributed by atoms with Gasteiger partial charge in [-0.2, -0.15) is 0 Å². The van der Waals surface area contributed by atoms with Crippen molar-refractivity contribution < 1.29 is 0 Å². The summed E-state index contributed by atoms with van der Waals surface area (Å²) in [6.07, 6.45) is 1.96. The highest BCUT2D eigenvalue weighted by Gasteiger charge is 2.03. The average molecular weight is 253 g/mol. The van der Waals surface area contributed by atoms with Crippen LogP contribution in [0, 0.1) is 0 Å². The lowest BCUT2D eigenvalue weighted by molar-refractivity contribution is 0.827. The Morgan fingerprint density at radius 3 is 2.69 bits per heavy atom. The summed E-state index contributed by atoms with van der Waals surface area (Å²) < 4.78 is 0. The van der Waals surface area contributed by atoms with Crippen molar-refractivity contribution in [3.8, 4) is 11.3 Å². The number of aryl methyl sites for hydroxylation is 1. The smallest absolute Gasteiger partial charge is 0.0933 e. The molecule has 0 spiro atoms. The molecule has 0 fully saturated rings. The normalized spacial score (nSPS) is 10.6. The fourth-order valence-corrected chi connectivity index (χ4v) is 2.41. The lowest BCUT2D eigenvalue weighted by Crippen LogP contribution is -1.99. The summed E-state index contributed by atoms with van der Waals surface area (Å²) >= 11 is 7.53. The maximum absolute atomic E-state index is 5.84. The minimum Gasteiger partial charge on any atom is -0.330 e. The molecule has 0 unspecified atom stereocenters. The predicted octanol–water partition coefficient (Wildman–Crippen LogP) is 3.35. The van der Waals surface area contributed by atoms with Crippen LogP contribution in [0.15, 0.2) is 29.6 Å². The summed E-state index contributed by atoms with van der Waals surface area (Å²) in [4.78, 5) is 4.57. The van der Waals surface area contributed by atoms with Gasteiger partial charge in [0.15, 0.2) is 0 Å². The molecule has 1 aromatic carbocycles. The summed E-state index contributed by atoms with van der Waals surface area (Å²) in [5.41, 5.74) is 7.61. The molecule has 0 atom stereocenters. The van der Waals surface area contributed by atoms with Crippen molar-refractivity contribution in [3.63, 3.8) is 0 Å². The van der Waals surface area contributed by atoms with E-state index < -0.39 is 0 Å². The van der Waals surface area contributed by atoms with E-state index in [1.165, 1.54) is 0 Å². The molecule has 1 aromatic heterocycles. The van der Waals surface area contributed by atoms with Crippen molar-refractivity contribution >= 4 is 22.9 Å². The average Bonchev–Trinajstić information content (AvgIpc) is 2.76. The van der Waals surface area contributed by atoms with Gasteiger partial charge >= 0.3 is 0 Å². The van der Waals surface area contributed by atoms with Crippen molar-refractivity contribution in [3.05, 3.63) is 39.7 Å². The third-order valence-corrected chi connectivity index (χ3v) is 3.45. The monoisotopic (exact) mass is 252 g/mol. The van der Waals surface area contributed by atoms with E-state index in [2.05, 4.69) is 10.4 Å². The second-order valence-corrected chi connectivity index (χ2v) is 4.90. The van der Waals surface area contributed by atoms with Crippen LogP contribution in [0.4, 0.5) is 0 Å². The van der Waals surface area contributed by atoms with Crippen molar-refractivity contribution in [2.24, 2.45) is 5.73 Å². The molecule has 16 heavy (non-hydrogen) atoms. The summed E-state index contributed by atoms with van der Waals surface area (Å²) in [6, 6.07) is 7.75. The number of hydrogen-bond donors (Lipinski definition) is 1. The molecule has 0 bridgehead atoms. The number of thiazole rings is 1. The van der Waals surface area contributed by atoms with E-state index in [1.807, 2.05) is 24.3 Å². The third kappa shape index (κ3) is 2.82. The standard InChI is InChI=1S/C12H13ClN2S/c13-10-5-3-9(4-6-10)11-8-16-12(15-11)2-1-7-14/h3-6,8H,1-2,7,14H2. The van der Waals surface area contributed by atoms with Gasteiger partial charge in [-0.15, -0.1) is 11.3 Å². The Kier molecular flexibility index (Phi) is 3.93. The molecule has 2 rings (SSSR count). The van der Waals surface area contributed by atoms with Crippen LogP contribution in [0.25, 0.3) is 11.3 Å². The minimum absolute atomic E-state index is 0.718. The SMILES string of the molecule is NCCCc1nc(-c2ccc(Cl)cc2)cs1. The molecule has 4 heteroatoms. The summed E-state index contributed by atoms with van der Waals surface area (Å²) in [6.45, 7) is 0.718. The lowest BCUT2D eigenvalue weighted by atomic mass is 10.2. The minimum atomic E-state index is 0.718. The Balaban J connectivity index is 2.15. The van der Waals surface area contributed by atoms with Crippen molar-refractivity contribution in [2.45, 2.75) is 12.8 Å². The molecule has 0 aliphatic carbocycles. The molecule has 2 aromatic rings. The molecule has 0 aliphatic heterocycles. The number of nitrogens with two attached hydrogens (primary N) is 1. The van der Waals surface area contributed by atoms with Crippen LogP contribution >= 0.6 is 22.9 Å². The predicted molar refractivity (Wildman–Crippen MR) is 69.9 cm³/mol. The fraction of sp³-hybridized carbons (Fsp3) is 0.250. The van der Waals surface area contributed by atoms with Gasteiger partial charge in [-0.05, 0) is 25.1 Å². The zero-order valence-electron chi connectivity index (χ0n) is 8.82. The van der Waals surface area contributed by atoms with E-state index in [4.69, 9.17) is 17.3 Å². The molecule has 2 nitrogen and oxygen atoms in total. The van der Waals surface area contributed by atoms with Crippen molar-refractivity contribution in [2.75, 3.05) is 6.54 Å². The quantitative estimate of drug-likeness (QED) is 0.906. The Bertz CT molecular complexity index is 450. The first kappa shape index (κ1) is 11.6. The summed E-state index contributed by atoms with van der Waals surface area (Å²) in [5.74, 6) is 0. The second kappa shape index (κ2) is 5.43. The molecule has 1 heterocycles. The highest BCUT2D eigenvalue weighted by molar-refractivity contribution is 7.09. The van der Waals surface area contributed by atoms with Crippen LogP contribution in [0.5, 0.6) is 0 Å². The van der Waals surface area contributed by atoms with Crippen LogP contribution in [-0.2, 0) is 6.42 Å². The van der Waals surface area contributed by atoms with Gasteiger partial charge in [0.2, 0.25) is 0 Å². The molecule has 2 N–H and O–H groups in total. The third-order valence-electron chi connectivity index (χ3n) is 2.29. The number of halogens is 1. The van der Waals surface area contributed by atoms with E-state index in [1.54, 1.807) is 11.3 Å². The van der Waals surface area contributed by atoms with E-state index in [0.717, 1.165) is 40.7 Å². The maximum Gasteiger partial charge on any atom is 0.0933 e. The second-order valence-electron chi connectivity index (χ2n) is 3.53. The van der Waals surface area contributed by atoms with Crippen LogP contribution in [0.3, 0.4) is 0 Å². The van der Waals surface area contributed by atoms with Crippen LogP contribution in [0.1, 0.15) is 11.4 Å². The Morgan fingerprint density at radius 2 is 2.00 bits per heavy atom. The van der Waals surface area contributed by atoms with Crippen LogP contribution < -0.4 is 5.73 Å². The molecular formula is C12H13ClN2S. The van der Waals surface area contributed by atoms with Gasteiger partial charge in [-0.25, -0.2) is 4.98 Å². The van der Waals surface area contributed by atoms with Crippen LogP contribution in [0.2, 0.25) is 5.02 Å². The van der Waals surface area contributed by atoms with Gasteiger partial charge in [0.1, 0.15) is 0 Å². The number of nitrogens with zero attached hydrogens (tertiary/aromatic N) is 1.